The van der Waals surface area contributed by atoms with Crippen LogP contribution < -0.4 is 10.6 Å². The Morgan fingerprint density at radius 2 is 1.91 bits per heavy atom. The van der Waals surface area contributed by atoms with Gasteiger partial charge in [0.15, 0.2) is 5.65 Å². The molecular formula is C23H22N6O3. The van der Waals surface area contributed by atoms with Crippen LogP contribution in [0.4, 0.5) is 4.79 Å². The smallest absolute Gasteiger partial charge is 0.321 e. The molecule has 3 aromatic rings. The summed E-state index contributed by atoms with van der Waals surface area (Å²) in [5, 5.41) is 9.54. The molecule has 3 fully saturated rings. The third kappa shape index (κ3) is 3.12. The Hall–Kier alpha value is -3.75. The Morgan fingerprint density at radius 3 is 2.62 bits per heavy atom. The zero-order valence-corrected chi connectivity index (χ0v) is 17.3. The third-order valence-electron chi connectivity index (χ3n) is 6.70. The second-order valence-electron chi connectivity index (χ2n) is 8.69. The molecule has 0 radical (unpaired) electrons. The first-order valence-corrected chi connectivity index (χ1v) is 10.9. The number of benzene rings is 1. The highest BCUT2D eigenvalue weighted by molar-refractivity contribution is 6.00. The first-order chi connectivity index (χ1) is 15.6. The fraction of sp³-hybridized carbons (Fsp3) is 0.348. The number of rotatable bonds is 4. The fourth-order valence-electron chi connectivity index (χ4n) is 4.66. The summed E-state index contributed by atoms with van der Waals surface area (Å²) >= 11 is 0. The largest absolute Gasteiger partial charge is 0.339 e. The van der Waals surface area contributed by atoms with E-state index in [1.54, 1.807) is 16.9 Å². The van der Waals surface area contributed by atoms with Gasteiger partial charge in [-0.15, -0.1) is 0 Å². The van der Waals surface area contributed by atoms with Crippen LogP contribution in [-0.4, -0.2) is 57.0 Å². The van der Waals surface area contributed by atoms with Crippen molar-refractivity contribution < 1.29 is 14.4 Å². The zero-order valence-electron chi connectivity index (χ0n) is 17.3. The molecule has 162 valence electrons. The highest BCUT2D eigenvalue weighted by Gasteiger charge is 2.42. The van der Waals surface area contributed by atoms with E-state index in [0.717, 1.165) is 42.7 Å². The Bertz CT molecular complexity index is 1250. The molecule has 2 N–H and O–H groups in total. The van der Waals surface area contributed by atoms with Crippen LogP contribution in [0, 0.1) is 0 Å². The second-order valence-corrected chi connectivity index (χ2v) is 8.69. The van der Waals surface area contributed by atoms with Crippen molar-refractivity contribution in [3.05, 3.63) is 65.1 Å². The number of nitrogens with one attached hydrogen (secondary N) is 2. The number of imidazole rings is 1. The number of nitrogens with zero attached hydrogens (tertiary/aromatic N) is 4. The van der Waals surface area contributed by atoms with Crippen molar-refractivity contribution in [2.24, 2.45) is 0 Å². The van der Waals surface area contributed by atoms with Crippen LogP contribution in [0.5, 0.6) is 0 Å². The van der Waals surface area contributed by atoms with E-state index in [1.807, 2.05) is 35.2 Å². The van der Waals surface area contributed by atoms with Crippen molar-refractivity contribution >= 4 is 23.5 Å². The standard InChI is InChI=1S/C23H22N6O3/c30-21-18(12-25-23(32)26-21)19-11-17(20-24-6-9-29(20)27-19)16-10-15(16)13-2-4-14(5-3-13)22(31)28-7-1-8-28/h2-6,9,11,15-16,18H,1,7-8,10,12H2,(H2,25,26,30,32)/t15-,16+,18?/m1/s1. The summed E-state index contributed by atoms with van der Waals surface area (Å²) in [5.41, 5.74) is 4.38. The molecule has 3 aliphatic rings. The fourth-order valence-corrected chi connectivity index (χ4v) is 4.66. The van der Waals surface area contributed by atoms with E-state index in [2.05, 4.69) is 20.7 Å². The summed E-state index contributed by atoms with van der Waals surface area (Å²) < 4.78 is 1.71. The van der Waals surface area contributed by atoms with Gasteiger partial charge in [0.25, 0.3) is 5.91 Å². The van der Waals surface area contributed by atoms with Gasteiger partial charge in [-0.05, 0) is 48.4 Å². The summed E-state index contributed by atoms with van der Waals surface area (Å²) in [6.45, 7) is 1.91. The van der Waals surface area contributed by atoms with Gasteiger partial charge in [0.1, 0.15) is 0 Å². The summed E-state index contributed by atoms with van der Waals surface area (Å²) in [7, 11) is 0. The second kappa shape index (κ2) is 7.15. The molecule has 1 aliphatic carbocycles. The van der Waals surface area contributed by atoms with E-state index in [0.29, 0.717) is 11.6 Å². The average Bonchev–Trinajstić information content (AvgIpc) is 3.40. The number of urea groups is 1. The number of amides is 4. The molecule has 3 atom stereocenters. The van der Waals surface area contributed by atoms with E-state index < -0.39 is 11.9 Å². The van der Waals surface area contributed by atoms with Crippen molar-refractivity contribution in [3.8, 4) is 0 Å². The molecule has 2 aromatic heterocycles. The van der Waals surface area contributed by atoms with Gasteiger partial charge in [0.05, 0.1) is 11.6 Å². The van der Waals surface area contributed by atoms with Crippen LogP contribution in [-0.2, 0) is 4.79 Å². The van der Waals surface area contributed by atoms with Crippen LogP contribution in [0.15, 0.2) is 42.7 Å². The maximum atomic E-state index is 12.4. The van der Waals surface area contributed by atoms with Gasteiger partial charge < -0.3 is 10.2 Å². The first-order valence-electron chi connectivity index (χ1n) is 10.9. The van der Waals surface area contributed by atoms with Gasteiger partial charge in [-0.25, -0.2) is 14.3 Å². The van der Waals surface area contributed by atoms with Gasteiger partial charge >= 0.3 is 6.03 Å². The quantitative estimate of drug-likeness (QED) is 0.656. The lowest BCUT2D eigenvalue weighted by molar-refractivity contribution is -0.122. The number of hydrogen-bond acceptors (Lipinski definition) is 5. The van der Waals surface area contributed by atoms with Crippen molar-refractivity contribution in [3.63, 3.8) is 0 Å². The number of imide groups is 1. The minimum atomic E-state index is -0.540. The minimum absolute atomic E-state index is 0.103. The predicted octanol–water partition coefficient (Wildman–Crippen LogP) is 1.77. The normalized spacial score (nSPS) is 24.6. The van der Waals surface area contributed by atoms with Crippen LogP contribution in [0.25, 0.3) is 5.65 Å². The molecule has 4 heterocycles. The molecule has 4 amide bonds. The summed E-state index contributed by atoms with van der Waals surface area (Å²) in [6.07, 6.45) is 5.53. The molecule has 1 saturated carbocycles. The monoisotopic (exact) mass is 430 g/mol. The number of carbonyl (C=O) groups is 3. The van der Waals surface area contributed by atoms with Crippen LogP contribution in [0.3, 0.4) is 0 Å². The number of hydrogen-bond donors (Lipinski definition) is 2. The molecule has 1 unspecified atom stereocenters. The lowest BCUT2D eigenvalue weighted by atomic mass is 9.98. The molecular weight excluding hydrogens is 408 g/mol. The molecule has 0 bridgehead atoms. The van der Waals surface area contributed by atoms with Crippen molar-refractivity contribution in [2.75, 3.05) is 19.6 Å². The molecule has 32 heavy (non-hydrogen) atoms. The molecule has 2 aliphatic heterocycles. The summed E-state index contributed by atoms with van der Waals surface area (Å²) in [4.78, 5) is 42.5. The molecule has 1 aromatic carbocycles. The van der Waals surface area contributed by atoms with E-state index in [1.165, 1.54) is 5.56 Å². The maximum Gasteiger partial charge on any atom is 0.321 e. The maximum absolute atomic E-state index is 12.4. The van der Waals surface area contributed by atoms with Gasteiger partial charge in [-0.2, -0.15) is 5.10 Å². The van der Waals surface area contributed by atoms with E-state index in [9.17, 15) is 14.4 Å². The lowest BCUT2D eigenvalue weighted by Gasteiger charge is -2.30. The van der Waals surface area contributed by atoms with Gasteiger partial charge in [0, 0.05) is 43.2 Å². The van der Waals surface area contributed by atoms with Crippen LogP contribution >= 0.6 is 0 Å². The van der Waals surface area contributed by atoms with Gasteiger partial charge in [-0.3, -0.25) is 14.9 Å². The summed E-state index contributed by atoms with van der Waals surface area (Å²) in [6, 6.07) is 9.41. The highest BCUT2D eigenvalue weighted by atomic mass is 16.2. The number of fused-ring (bicyclic) bond motifs is 1. The third-order valence-corrected chi connectivity index (χ3v) is 6.70. The number of likely N-dealkylation sites (tertiary alicyclic amines) is 1. The lowest BCUT2D eigenvalue weighted by Crippen LogP contribution is -2.51. The van der Waals surface area contributed by atoms with E-state index in [-0.39, 0.29) is 24.3 Å². The number of aromatic nitrogens is 3. The van der Waals surface area contributed by atoms with E-state index >= 15 is 0 Å². The Kier molecular flexibility index (Phi) is 4.24. The number of carbonyl (C=O) groups excluding carboxylic acids is 3. The van der Waals surface area contributed by atoms with Crippen molar-refractivity contribution in [1.29, 1.82) is 0 Å². The topological polar surface area (TPSA) is 109 Å². The van der Waals surface area contributed by atoms with Crippen molar-refractivity contribution in [1.82, 2.24) is 30.1 Å². The van der Waals surface area contributed by atoms with Crippen molar-refractivity contribution in [2.45, 2.75) is 30.6 Å². The molecule has 9 heteroatoms. The molecule has 9 nitrogen and oxygen atoms in total. The first kappa shape index (κ1) is 19.0. The zero-order chi connectivity index (χ0) is 21.8. The Labute approximate surface area is 183 Å². The average molecular weight is 430 g/mol. The van der Waals surface area contributed by atoms with Gasteiger partial charge in [0.2, 0.25) is 5.91 Å². The SMILES string of the molecule is O=C1NCC(c2cc([C@H]3C[C@@H]3c3ccc(C(=O)N4CCC4)cc3)c3nccn3n2)C(=O)N1. The Morgan fingerprint density at radius 1 is 1.09 bits per heavy atom. The molecule has 0 spiro atoms. The predicted molar refractivity (Wildman–Crippen MR) is 114 cm³/mol. The van der Waals surface area contributed by atoms with Crippen LogP contribution in [0.1, 0.15) is 57.8 Å². The minimum Gasteiger partial charge on any atom is -0.339 e. The summed E-state index contributed by atoms with van der Waals surface area (Å²) in [5.74, 6) is -0.187. The van der Waals surface area contributed by atoms with Gasteiger partial charge in [-0.1, -0.05) is 12.1 Å². The highest BCUT2D eigenvalue weighted by Crippen LogP contribution is 2.55. The molecule has 2 saturated heterocycles. The molecule has 6 rings (SSSR count). The van der Waals surface area contributed by atoms with Crippen LogP contribution in [0.2, 0.25) is 0 Å². The van der Waals surface area contributed by atoms with E-state index in [4.69, 9.17) is 0 Å². The Balaban J connectivity index is 1.27.